The highest BCUT2D eigenvalue weighted by atomic mass is 19.4. The molecule has 0 aliphatic carbocycles. The molecule has 5 N–H and O–H groups in total. The highest BCUT2D eigenvalue weighted by Gasteiger charge is 2.26. The topological polar surface area (TPSA) is 151 Å². The van der Waals surface area contributed by atoms with E-state index in [9.17, 15) is 32.7 Å². The number of anilines is 2. The quantitative estimate of drug-likeness (QED) is 0.0576. The minimum Gasteiger partial charge on any atom is -0.493 e. The fraction of sp³-hybridized carbons (Fsp3) is 0.281. The smallest absolute Gasteiger partial charge is 0.392 e. The van der Waals surface area contributed by atoms with Crippen LogP contribution < -0.4 is 20.9 Å². The van der Waals surface area contributed by atoms with Gasteiger partial charge in [-0.25, -0.2) is 14.4 Å². The number of halogens is 3. The molecule has 0 bridgehead atoms. The molecule has 0 radical (unpaired) electrons. The van der Waals surface area contributed by atoms with Gasteiger partial charge in [0.15, 0.2) is 0 Å². The van der Waals surface area contributed by atoms with Crippen molar-refractivity contribution in [3.05, 3.63) is 89.0 Å². The van der Waals surface area contributed by atoms with Crippen LogP contribution in [0.15, 0.2) is 66.7 Å². The number of carboxylic acids is 1. The number of unbranched alkanes of at least 4 members (excludes halogenated alkanes) is 3. The normalized spacial score (nSPS) is 11.3. The van der Waals surface area contributed by atoms with Gasteiger partial charge in [0.2, 0.25) is 0 Å². The van der Waals surface area contributed by atoms with E-state index in [2.05, 4.69) is 0 Å². The molecule has 0 saturated heterocycles. The Bertz CT molecular complexity index is 1450. The number of benzene rings is 3. The van der Waals surface area contributed by atoms with Crippen LogP contribution >= 0.6 is 0 Å². The zero-order valence-corrected chi connectivity index (χ0v) is 23.8. The van der Waals surface area contributed by atoms with Gasteiger partial charge in [0, 0.05) is 17.5 Å². The summed E-state index contributed by atoms with van der Waals surface area (Å²) in [4.78, 5) is 35.9. The number of hydrogen-bond donors (Lipinski definition) is 3. The average Bonchev–Trinajstić information content (AvgIpc) is 2.96. The summed E-state index contributed by atoms with van der Waals surface area (Å²) in [6.07, 6.45) is 0.933. The second-order valence-electron chi connectivity index (χ2n) is 9.80. The molecule has 44 heavy (non-hydrogen) atoms. The lowest BCUT2D eigenvalue weighted by atomic mass is 9.98. The Labute approximate surface area is 252 Å². The largest absolute Gasteiger partial charge is 0.493 e. The number of carbonyl (C=O) groups excluding carboxylic acids is 2. The van der Waals surface area contributed by atoms with Gasteiger partial charge in [-0.2, -0.15) is 13.2 Å². The fourth-order valence-corrected chi connectivity index (χ4v) is 4.11. The molecule has 0 amide bonds. The number of carboxylic acid groups (broad SMARTS) is 1. The van der Waals surface area contributed by atoms with Gasteiger partial charge in [-0.05, 0) is 85.0 Å². The Kier molecular flexibility index (Phi) is 12.2. The molecule has 0 aliphatic rings. The van der Waals surface area contributed by atoms with Crippen LogP contribution in [0.5, 0.6) is 11.5 Å². The first-order chi connectivity index (χ1) is 20.9. The summed E-state index contributed by atoms with van der Waals surface area (Å²) in [6.45, 7) is -0.280. The first-order valence-corrected chi connectivity index (χ1v) is 13.8. The van der Waals surface area contributed by atoms with Crippen molar-refractivity contribution in [2.45, 2.75) is 44.7 Å². The van der Waals surface area contributed by atoms with Gasteiger partial charge in [0.25, 0.3) is 0 Å². The molecular weight excluding hydrogens is 581 g/mol. The molecule has 0 aliphatic heterocycles. The lowest BCUT2D eigenvalue weighted by Crippen LogP contribution is -2.13. The Balaban J connectivity index is 1.34. The fourth-order valence-electron chi connectivity index (χ4n) is 4.11. The van der Waals surface area contributed by atoms with Gasteiger partial charge < -0.3 is 30.8 Å². The summed E-state index contributed by atoms with van der Waals surface area (Å²) >= 11 is 0. The minimum absolute atomic E-state index is 0.112. The van der Waals surface area contributed by atoms with E-state index in [0.29, 0.717) is 35.3 Å². The standard InChI is InChI=1S/C32H33F3N2O7/c33-32(34,35)16-18-42-24-13-9-22(10-14-24)31(41)44-25-11-6-21(7-12-25)8-15-29(38)43-17-4-2-1-3-5-26-27(30(39)40)19-23(36)20-28(26)37/h6-15,19-20H,1-5,16-18,36-37H2,(H,39,40)/b15-8+. The monoisotopic (exact) mass is 614 g/mol. The molecule has 0 saturated carbocycles. The average molecular weight is 615 g/mol. The van der Waals surface area contributed by atoms with Gasteiger partial charge >= 0.3 is 24.1 Å². The molecule has 3 rings (SSSR count). The number of hydrogen-bond acceptors (Lipinski definition) is 8. The molecule has 3 aromatic rings. The van der Waals surface area contributed by atoms with Crippen molar-refractivity contribution in [3.8, 4) is 11.5 Å². The van der Waals surface area contributed by atoms with E-state index in [0.717, 1.165) is 19.3 Å². The molecule has 0 aromatic heterocycles. The predicted octanol–water partition coefficient (Wildman–Crippen LogP) is 6.46. The van der Waals surface area contributed by atoms with Crippen molar-refractivity contribution >= 4 is 35.4 Å². The van der Waals surface area contributed by atoms with Crippen molar-refractivity contribution < 1.29 is 46.9 Å². The molecular formula is C32H33F3N2O7. The van der Waals surface area contributed by atoms with E-state index < -0.39 is 37.1 Å². The molecule has 12 heteroatoms. The minimum atomic E-state index is -4.31. The van der Waals surface area contributed by atoms with Crippen molar-refractivity contribution in [1.29, 1.82) is 0 Å². The first-order valence-electron chi connectivity index (χ1n) is 13.8. The van der Waals surface area contributed by atoms with Gasteiger partial charge in [0.05, 0.1) is 30.8 Å². The van der Waals surface area contributed by atoms with Gasteiger partial charge in [0.1, 0.15) is 11.5 Å². The number of aromatic carboxylic acids is 1. The molecule has 234 valence electrons. The summed E-state index contributed by atoms with van der Waals surface area (Å²) in [5.74, 6) is -1.77. The molecule has 0 atom stereocenters. The maximum Gasteiger partial charge on any atom is 0.392 e. The van der Waals surface area contributed by atoms with Crippen LogP contribution in [0.1, 0.15) is 63.9 Å². The first kappa shape index (κ1) is 33.5. The van der Waals surface area contributed by atoms with Crippen molar-refractivity contribution in [2.75, 3.05) is 24.7 Å². The van der Waals surface area contributed by atoms with Crippen LogP contribution in [-0.2, 0) is 16.0 Å². The lowest BCUT2D eigenvalue weighted by molar-refractivity contribution is -0.140. The number of nitrogen functional groups attached to an aromatic ring is 2. The Morgan fingerprint density at radius 3 is 2.16 bits per heavy atom. The van der Waals surface area contributed by atoms with Crippen LogP contribution in [0.3, 0.4) is 0 Å². The molecule has 3 aromatic carbocycles. The predicted molar refractivity (Wildman–Crippen MR) is 158 cm³/mol. The molecule has 9 nitrogen and oxygen atoms in total. The van der Waals surface area contributed by atoms with E-state index in [1.807, 2.05) is 0 Å². The Hall–Kier alpha value is -5.00. The second-order valence-corrected chi connectivity index (χ2v) is 9.80. The summed E-state index contributed by atoms with van der Waals surface area (Å²) in [5, 5.41) is 9.37. The van der Waals surface area contributed by atoms with Crippen LogP contribution in [0, 0.1) is 0 Å². The van der Waals surface area contributed by atoms with E-state index >= 15 is 0 Å². The molecule has 0 unspecified atom stereocenters. The van der Waals surface area contributed by atoms with E-state index in [1.165, 1.54) is 36.4 Å². The van der Waals surface area contributed by atoms with Gasteiger partial charge in [-0.15, -0.1) is 0 Å². The molecule has 0 fully saturated rings. The number of rotatable bonds is 15. The van der Waals surface area contributed by atoms with E-state index in [1.54, 1.807) is 36.4 Å². The molecule has 0 heterocycles. The molecule has 0 spiro atoms. The summed E-state index contributed by atoms with van der Waals surface area (Å²) in [5.41, 5.74) is 13.8. The van der Waals surface area contributed by atoms with Crippen LogP contribution in [0.4, 0.5) is 24.5 Å². The zero-order valence-electron chi connectivity index (χ0n) is 23.8. The van der Waals surface area contributed by atoms with Gasteiger partial charge in [-0.1, -0.05) is 25.0 Å². The third-order valence-electron chi connectivity index (χ3n) is 6.35. The lowest BCUT2D eigenvalue weighted by Gasteiger charge is -2.11. The summed E-state index contributed by atoms with van der Waals surface area (Å²) < 4.78 is 52.2. The third-order valence-corrected chi connectivity index (χ3v) is 6.35. The highest BCUT2D eigenvalue weighted by Crippen LogP contribution is 2.24. The SMILES string of the molecule is Nc1cc(N)c(CCCCCCOC(=O)/C=C/c2ccc(OC(=O)c3ccc(OCCC(F)(F)F)cc3)cc2)c(C(=O)O)c1. The number of alkyl halides is 3. The van der Waals surface area contributed by atoms with Gasteiger partial charge in [-0.3, -0.25) is 0 Å². The van der Waals surface area contributed by atoms with E-state index in [4.69, 9.17) is 25.7 Å². The number of esters is 2. The number of nitrogens with two attached hydrogens (primary N) is 2. The van der Waals surface area contributed by atoms with Crippen molar-refractivity contribution in [2.24, 2.45) is 0 Å². The van der Waals surface area contributed by atoms with Crippen molar-refractivity contribution in [1.82, 2.24) is 0 Å². The Morgan fingerprint density at radius 2 is 1.50 bits per heavy atom. The van der Waals surface area contributed by atoms with Crippen molar-refractivity contribution in [3.63, 3.8) is 0 Å². The summed E-state index contributed by atoms with van der Waals surface area (Å²) in [6, 6.07) is 14.9. The summed E-state index contributed by atoms with van der Waals surface area (Å²) in [7, 11) is 0. The van der Waals surface area contributed by atoms with Crippen LogP contribution in [0.25, 0.3) is 6.08 Å². The maximum atomic E-state index is 12.4. The van der Waals surface area contributed by atoms with E-state index in [-0.39, 0.29) is 29.2 Å². The highest BCUT2D eigenvalue weighted by molar-refractivity contribution is 5.93. The third kappa shape index (κ3) is 11.3. The van der Waals surface area contributed by atoms with Crippen LogP contribution in [-0.4, -0.2) is 42.4 Å². The maximum absolute atomic E-state index is 12.4. The number of carbonyl (C=O) groups is 3. The zero-order chi connectivity index (χ0) is 32.1. The van der Waals surface area contributed by atoms with Crippen LogP contribution in [0.2, 0.25) is 0 Å². The Morgan fingerprint density at radius 1 is 0.841 bits per heavy atom. The number of ether oxygens (including phenoxy) is 3. The second kappa shape index (κ2) is 16.0.